The average molecular weight is 371 g/mol. The highest BCUT2D eigenvalue weighted by Crippen LogP contribution is 2.21. The van der Waals surface area contributed by atoms with E-state index in [2.05, 4.69) is 15.4 Å². The van der Waals surface area contributed by atoms with Crippen molar-refractivity contribution in [3.8, 4) is 0 Å². The maximum Gasteiger partial charge on any atom is 0.475 e. The molecule has 0 aromatic carbocycles. The molecule has 0 bridgehead atoms. The molecule has 0 saturated carbocycles. The van der Waals surface area contributed by atoms with E-state index in [1.807, 2.05) is 0 Å². The summed E-state index contributed by atoms with van der Waals surface area (Å²) in [4.78, 5) is 38.5. The van der Waals surface area contributed by atoms with Crippen LogP contribution >= 0.6 is 0 Å². The van der Waals surface area contributed by atoms with Crippen molar-refractivity contribution in [3.63, 3.8) is 0 Å². The molecule has 0 aliphatic carbocycles. The van der Waals surface area contributed by atoms with Gasteiger partial charge in [-0.05, 0) is 24.7 Å². The van der Waals surface area contributed by atoms with Crippen LogP contribution in [0.1, 0.15) is 40.5 Å². The number of amides is 3. The molecule has 0 aromatic rings. The van der Waals surface area contributed by atoms with E-state index >= 15 is 0 Å². The van der Waals surface area contributed by atoms with Gasteiger partial charge in [-0.2, -0.15) is 0 Å². The van der Waals surface area contributed by atoms with Crippen molar-refractivity contribution in [1.29, 1.82) is 0 Å². The van der Waals surface area contributed by atoms with Crippen LogP contribution in [0.2, 0.25) is 0 Å². The van der Waals surface area contributed by atoms with Gasteiger partial charge in [-0.1, -0.05) is 27.7 Å². The summed E-state index contributed by atoms with van der Waals surface area (Å²) in [6.07, 6.45) is 0.425. The fourth-order valence-corrected chi connectivity index (χ4v) is 3.03. The van der Waals surface area contributed by atoms with E-state index in [0.717, 1.165) is 0 Å². The average Bonchev–Trinajstić information content (AvgIpc) is 3.05. The highest BCUT2D eigenvalue weighted by atomic mass is 16.5. The van der Waals surface area contributed by atoms with Crippen LogP contribution in [0.15, 0.2) is 0 Å². The first-order valence-corrected chi connectivity index (χ1v) is 8.91. The number of hydrogen-bond acceptors (Lipinski definition) is 6. The first kappa shape index (κ1) is 22.2. The van der Waals surface area contributed by atoms with Crippen LogP contribution in [0, 0.1) is 11.8 Å². The SMILES string of the molecule is COC(=O)N[C@H](C(=O)N1CCCC1C(=O)N[C@H](B(O)O)C(C)C)C(C)C. The van der Waals surface area contributed by atoms with Crippen molar-refractivity contribution >= 4 is 25.0 Å². The molecule has 4 N–H and O–H groups in total. The number of hydrogen-bond donors (Lipinski definition) is 4. The molecule has 1 saturated heterocycles. The zero-order chi connectivity index (χ0) is 20.0. The van der Waals surface area contributed by atoms with Crippen LogP contribution < -0.4 is 10.6 Å². The Bertz CT molecular complexity index is 506. The number of nitrogens with zero attached hydrogens (tertiary/aromatic N) is 1. The van der Waals surface area contributed by atoms with Gasteiger partial charge in [-0.3, -0.25) is 9.59 Å². The topological polar surface area (TPSA) is 128 Å². The van der Waals surface area contributed by atoms with E-state index in [1.165, 1.54) is 12.0 Å². The van der Waals surface area contributed by atoms with Gasteiger partial charge >= 0.3 is 13.2 Å². The monoisotopic (exact) mass is 371 g/mol. The molecule has 3 atom stereocenters. The van der Waals surface area contributed by atoms with Crippen LogP contribution in [0.4, 0.5) is 4.79 Å². The normalized spacial score (nSPS) is 19.3. The second-order valence-corrected chi connectivity index (χ2v) is 7.24. The minimum Gasteiger partial charge on any atom is -0.453 e. The molecule has 10 heteroatoms. The summed E-state index contributed by atoms with van der Waals surface area (Å²) in [5.74, 6) is -1.98. The number of rotatable bonds is 7. The lowest BCUT2D eigenvalue weighted by Crippen LogP contribution is -2.58. The van der Waals surface area contributed by atoms with Crippen molar-refractivity contribution in [2.75, 3.05) is 13.7 Å². The van der Waals surface area contributed by atoms with Gasteiger partial charge in [0.2, 0.25) is 11.8 Å². The van der Waals surface area contributed by atoms with Crippen LogP contribution in [-0.4, -0.2) is 71.7 Å². The number of methoxy groups -OCH3 is 1. The molecule has 1 aliphatic heterocycles. The Balaban J connectivity index is 2.89. The minimum absolute atomic E-state index is 0.186. The maximum atomic E-state index is 12.9. The molecule has 3 amide bonds. The summed E-state index contributed by atoms with van der Waals surface area (Å²) in [5, 5.41) is 24.0. The van der Waals surface area contributed by atoms with Crippen molar-refractivity contribution in [2.45, 2.75) is 58.6 Å². The highest BCUT2D eigenvalue weighted by Gasteiger charge is 2.40. The summed E-state index contributed by atoms with van der Waals surface area (Å²) >= 11 is 0. The Hall–Kier alpha value is -1.81. The van der Waals surface area contributed by atoms with Crippen molar-refractivity contribution < 1.29 is 29.2 Å². The van der Waals surface area contributed by atoms with Gasteiger partial charge in [0.1, 0.15) is 12.1 Å². The predicted molar refractivity (Wildman–Crippen MR) is 95.9 cm³/mol. The van der Waals surface area contributed by atoms with Gasteiger partial charge in [0.05, 0.1) is 13.1 Å². The number of likely N-dealkylation sites (tertiary alicyclic amines) is 1. The summed E-state index contributed by atoms with van der Waals surface area (Å²) in [6, 6.07) is -1.51. The smallest absolute Gasteiger partial charge is 0.453 e. The molecule has 9 nitrogen and oxygen atoms in total. The molecule has 0 aromatic heterocycles. The van der Waals surface area contributed by atoms with Crippen LogP contribution in [-0.2, 0) is 14.3 Å². The fourth-order valence-electron chi connectivity index (χ4n) is 3.03. The van der Waals surface area contributed by atoms with E-state index in [-0.39, 0.29) is 17.7 Å². The number of carbonyl (C=O) groups is 3. The molecule has 1 fully saturated rings. The summed E-state index contributed by atoms with van der Waals surface area (Å²) in [6.45, 7) is 7.51. The zero-order valence-corrected chi connectivity index (χ0v) is 16.1. The third kappa shape index (κ3) is 5.60. The highest BCUT2D eigenvalue weighted by molar-refractivity contribution is 6.43. The van der Waals surface area contributed by atoms with Crippen LogP contribution in [0.3, 0.4) is 0 Å². The molecular weight excluding hydrogens is 341 g/mol. The maximum absolute atomic E-state index is 12.9. The third-order valence-corrected chi connectivity index (χ3v) is 4.58. The lowest BCUT2D eigenvalue weighted by atomic mass is 9.73. The molecule has 0 radical (unpaired) electrons. The van der Waals surface area contributed by atoms with Gasteiger partial charge in [-0.25, -0.2) is 4.79 Å². The Kier molecular flexibility index (Phi) is 8.36. The molecular formula is C16H30BN3O6. The third-order valence-electron chi connectivity index (χ3n) is 4.58. The van der Waals surface area contributed by atoms with Crippen LogP contribution in [0.5, 0.6) is 0 Å². The first-order chi connectivity index (χ1) is 12.1. The van der Waals surface area contributed by atoms with Crippen molar-refractivity contribution in [1.82, 2.24) is 15.5 Å². The Morgan fingerprint density at radius 1 is 1.12 bits per heavy atom. The summed E-state index contributed by atoms with van der Waals surface area (Å²) in [5.41, 5.74) is 0. The van der Waals surface area contributed by atoms with Gasteiger partial charge in [0.25, 0.3) is 0 Å². The van der Waals surface area contributed by atoms with E-state index in [9.17, 15) is 24.4 Å². The minimum atomic E-state index is -1.69. The van der Waals surface area contributed by atoms with Crippen molar-refractivity contribution in [3.05, 3.63) is 0 Å². The largest absolute Gasteiger partial charge is 0.475 e. The number of alkyl carbamates (subject to hydrolysis) is 1. The Morgan fingerprint density at radius 2 is 1.73 bits per heavy atom. The van der Waals surface area contributed by atoms with Gasteiger partial charge in [-0.15, -0.1) is 0 Å². The second kappa shape index (κ2) is 9.77. The number of nitrogens with one attached hydrogen (secondary N) is 2. The van der Waals surface area contributed by atoms with E-state index in [1.54, 1.807) is 27.7 Å². The molecule has 0 spiro atoms. The molecule has 1 unspecified atom stereocenters. The molecule has 148 valence electrons. The summed E-state index contributed by atoms with van der Waals surface area (Å²) in [7, 11) is -0.468. The predicted octanol–water partition coefficient (Wildman–Crippen LogP) is -0.489. The van der Waals surface area contributed by atoms with Gasteiger partial charge in [0.15, 0.2) is 0 Å². The van der Waals surface area contributed by atoms with Gasteiger partial charge in [0, 0.05) is 6.54 Å². The zero-order valence-electron chi connectivity index (χ0n) is 16.1. The lowest BCUT2D eigenvalue weighted by molar-refractivity contribution is -0.141. The Labute approximate surface area is 154 Å². The second-order valence-electron chi connectivity index (χ2n) is 7.24. The summed E-state index contributed by atoms with van der Waals surface area (Å²) < 4.78 is 4.57. The standard InChI is InChI=1S/C16H30BN3O6/c1-9(2)12(18-16(23)26-5)15(22)20-8-6-7-11(20)14(21)19-13(10(3)4)17(24)25/h9-13,24-25H,6-8H2,1-5H3,(H,18,23)(H,19,21)/t11?,12-,13-/m0/s1. The fraction of sp³-hybridized carbons (Fsp3) is 0.812. The number of carbonyl (C=O) groups excluding carboxylic acids is 3. The Morgan fingerprint density at radius 3 is 2.19 bits per heavy atom. The van der Waals surface area contributed by atoms with E-state index in [4.69, 9.17) is 0 Å². The quantitative estimate of drug-likeness (QED) is 0.447. The molecule has 1 aliphatic rings. The van der Waals surface area contributed by atoms with Gasteiger partial charge < -0.3 is 30.3 Å². The molecule has 26 heavy (non-hydrogen) atoms. The molecule has 1 heterocycles. The van der Waals surface area contributed by atoms with Crippen LogP contribution in [0.25, 0.3) is 0 Å². The number of ether oxygens (including phenoxy) is 1. The first-order valence-electron chi connectivity index (χ1n) is 8.91. The van der Waals surface area contributed by atoms with E-state index in [0.29, 0.717) is 19.4 Å². The molecule has 1 rings (SSSR count). The lowest BCUT2D eigenvalue weighted by Gasteiger charge is -2.31. The van der Waals surface area contributed by atoms with E-state index < -0.39 is 37.1 Å². The van der Waals surface area contributed by atoms with Crippen molar-refractivity contribution in [2.24, 2.45) is 11.8 Å².